The number of benzene rings is 1. The molecule has 1 heterocycles. The first-order valence-electron chi connectivity index (χ1n) is 6.25. The first-order chi connectivity index (χ1) is 10.1. The molecule has 110 valence electrons. The average molecular weight is 305 g/mol. The molecule has 0 aliphatic heterocycles. The number of ketones is 1. The lowest BCUT2D eigenvalue weighted by Gasteiger charge is -2.15. The molecule has 0 fully saturated rings. The normalized spacial score (nSPS) is 11.7. The van der Waals surface area contributed by atoms with Crippen molar-refractivity contribution in [3.8, 4) is 0 Å². The van der Waals surface area contributed by atoms with Crippen LogP contribution in [0.15, 0.2) is 52.0 Å². The van der Waals surface area contributed by atoms with E-state index in [0.29, 0.717) is 0 Å². The van der Waals surface area contributed by atoms with E-state index in [-0.39, 0.29) is 11.5 Å². The first-order valence-corrected chi connectivity index (χ1v) is 7.13. The number of aryl methyl sites for hydroxylation is 1. The van der Waals surface area contributed by atoms with E-state index >= 15 is 0 Å². The Labute approximate surface area is 126 Å². The van der Waals surface area contributed by atoms with E-state index in [0.717, 1.165) is 10.5 Å². The van der Waals surface area contributed by atoms with Crippen molar-refractivity contribution in [2.45, 2.75) is 17.2 Å². The van der Waals surface area contributed by atoms with Crippen LogP contribution in [0.4, 0.5) is 4.79 Å². The van der Waals surface area contributed by atoms with Crippen LogP contribution in [0.5, 0.6) is 0 Å². The predicted molar refractivity (Wildman–Crippen MR) is 79.4 cm³/mol. The van der Waals surface area contributed by atoms with E-state index in [9.17, 15) is 9.59 Å². The van der Waals surface area contributed by atoms with Gasteiger partial charge in [0.1, 0.15) is 5.37 Å². The molecule has 0 bridgehead atoms. The highest BCUT2D eigenvalue weighted by atomic mass is 32.2. The van der Waals surface area contributed by atoms with E-state index in [2.05, 4.69) is 10.1 Å². The lowest BCUT2D eigenvalue weighted by Crippen LogP contribution is -2.38. The van der Waals surface area contributed by atoms with Crippen molar-refractivity contribution in [2.75, 3.05) is 7.11 Å². The molecule has 1 amide bonds. The fourth-order valence-corrected chi connectivity index (χ4v) is 2.56. The molecule has 0 unspecified atom stereocenters. The Morgan fingerprint density at radius 3 is 2.52 bits per heavy atom. The van der Waals surface area contributed by atoms with Crippen molar-refractivity contribution in [3.63, 3.8) is 0 Å². The van der Waals surface area contributed by atoms with Crippen molar-refractivity contribution in [2.24, 2.45) is 0 Å². The molecule has 21 heavy (non-hydrogen) atoms. The highest BCUT2D eigenvalue weighted by Crippen LogP contribution is 2.25. The van der Waals surface area contributed by atoms with Gasteiger partial charge in [0, 0.05) is 4.90 Å². The van der Waals surface area contributed by atoms with Gasteiger partial charge >= 0.3 is 6.09 Å². The van der Waals surface area contributed by atoms with E-state index in [4.69, 9.17) is 4.42 Å². The second-order valence-electron chi connectivity index (χ2n) is 4.29. The van der Waals surface area contributed by atoms with Crippen LogP contribution < -0.4 is 5.32 Å². The largest absolute Gasteiger partial charge is 0.461 e. The average Bonchev–Trinajstić information content (AvgIpc) is 3.02. The smallest absolute Gasteiger partial charge is 0.408 e. The second kappa shape index (κ2) is 6.99. The predicted octanol–water partition coefficient (Wildman–Crippen LogP) is 3.25. The topological polar surface area (TPSA) is 68.5 Å². The molecule has 0 saturated carbocycles. The van der Waals surface area contributed by atoms with Gasteiger partial charge in [0.15, 0.2) is 5.76 Å². The Morgan fingerprint density at radius 2 is 1.95 bits per heavy atom. The number of furan rings is 1. The highest BCUT2D eigenvalue weighted by Gasteiger charge is 2.25. The summed E-state index contributed by atoms with van der Waals surface area (Å²) in [5, 5.41) is 1.70. The molecular formula is C15H15NO4S. The minimum absolute atomic E-state index is 0.191. The quantitative estimate of drug-likeness (QED) is 0.522. The number of methoxy groups -OCH3 is 1. The van der Waals surface area contributed by atoms with Gasteiger partial charge in [-0.2, -0.15) is 0 Å². The standard InChI is InChI=1S/C15H15NO4S/c1-10-5-7-11(8-6-10)21-14(16-15(18)19-2)13(17)12-4-3-9-20-12/h3-9,14H,1-2H3,(H,16,18)/t14-/m0/s1. The molecule has 1 N–H and O–H groups in total. The third kappa shape index (κ3) is 4.13. The molecule has 2 rings (SSSR count). The van der Waals surface area contributed by atoms with Gasteiger partial charge in [-0.05, 0) is 31.2 Å². The van der Waals surface area contributed by atoms with Crippen LogP contribution in [-0.4, -0.2) is 24.4 Å². The summed E-state index contributed by atoms with van der Waals surface area (Å²) in [6.07, 6.45) is 0.749. The Balaban J connectivity index is 2.17. The van der Waals surface area contributed by atoms with Crippen LogP contribution in [0.25, 0.3) is 0 Å². The van der Waals surface area contributed by atoms with Gasteiger partial charge in [0.25, 0.3) is 0 Å². The molecule has 1 atom stereocenters. The maximum absolute atomic E-state index is 12.3. The second-order valence-corrected chi connectivity index (χ2v) is 5.47. The van der Waals surface area contributed by atoms with Gasteiger partial charge in [-0.3, -0.25) is 4.79 Å². The molecule has 1 aromatic carbocycles. The summed E-state index contributed by atoms with van der Waals surface area (Å²) in [6, 6.07) is 10.8. The fraction of sp³-hybridized carbons (Fsp3) is 0.200. The number of nitrogens with one attached hydrogen (secondary N) is 1. The number of amides is 1. The number of hydrogen-bond donors (Lipinski definition) is 1. The third-order valence-corrected chi connectivity index (χ3v) is 3.82. The summed E-state index contributed by atoms with van der Waals surface area (Å²) in [6.45, 7) is 1.98. The van der Waals surface area contributed by atoms with Crippen molar-refractivity contribution in [1.82, 2.24) is 5.32 Å². The lowest BCUT2D eigenvalue weighted by molar-refractivity contribution is 0.0943. The fourth-order valence-electron chi connectivity index (χ4n) is 1.62. The molecule has 0 saturated heterocycles. The van der Waals surface area contributed by atoms with E-state index in [1.54, 1.807) is 12.1 Å². The van der Waals surface area contributed by atoms with Gasteiger partial charge in [-0.15, -0.1) is 0 Å². The Hall–Kier alpha value is -2.21. The molecule has 2 aromatic rings. The molecule has 0 aliphatic carbocycles. The zero-order valence-electron chi connectivity index (χ0n) is 11.7. The van der Waals surface area contributed by atoms with Crippen LogP contribution in [0, 0.1) is 6.92 Å². The number of thioether (sulfide) groups is 1. The van der Waals surface area contributed by atoms with E-state index in [1.165, 1.54) is 25.1 Å². The molecule has 1 aromatic heterocycles. The summed E-state index contributed by atoms with van der Waals surface area (Å²) in [5.41, 5.74) is 1.12. The highest BCUT2D eigenvalue weighted by molar-refractivity contribution is 8.00. The summed E-state index contributed by atoms with van der Waals surface area (Å²) >= 11 is 1.23. The zero-order chi connectivity index (χ0) is 15.2. The van der Waals surface area contributed by atoms with Crippen molar-refractivity contribution >= 4 is 23.6 Å². The van der Waals surface area contributed by atoms with Crippen molar-refractivity contribution in [1.29, 1.82) is 0 Å². The maximum atomic E-state index is 12.3. The molecule has 0 aliphatic rings. The van der Waals surface area contributed by atoms with Gasteiger partial charge in [0.05, 0.1) is 13.4 Å². The summed E-state index contributed by atoms with van der Waals surface area (Å²) < 4.78 is 9.65. The lowest BCUT2D eigenvalue weighted by atomic mass is 10.2. The van der Waals surface area contributed by atoms with E-state index in [1.807, 2.05) is 31.2 Å². The number of carbonyl (C=O) groups is 2. The number of alkyl carbamates (subject to hydrolysis) is 1. The van der Waals surface area contributed by atoms with Crippen LogP contribution in [-0.2, 0) is 4.74 Å². The summed E-state index contributed by atoms with van der Waals surface area (Å²) in [5.74, 6) is -0.132. The minimum atomic E-state index is -0.814. The number of ether oxygens (including phenoxy) is 1. The number of hydrogen-bond acceptors (Lipinski definition) is 5. The monoisotopic (exact) mass is 305 g/mol. The van der Waals surface area contributed by atoms with E-state index < -0.39 is 11.5 Å². The SMILES string of the molecule is COC(=O)N[C@@H](Sc1ccc(C)cc1)C(=O)c1ccco1. The summed E-state index contributed by atoms with van der Waals surface area (Å²) in [7, 11) is 1.25. The van der Waals surface area contributed by atoms with Crippen molar-refractivity contribution < 1.29 is 18.7 Å². The van der Waals surface area contributed by atoms with Crippen LogP contribution in [0.2, 0.25) is 0 Å². The first kappa shape index (κ1) is 15.2. The maximum Gasteiger partial charge on any atom is 0.408 e. The van der Waals surface area contributed by atoms with Crippen molar-refractivity contribution in [3.05, 3.63) is 54.0 Å². The molecule has 6 heteroatoms. The molecular weight excluding hydrogens is 290 g/mol. The number of carbonyl (C=O) groups excluding carboxylic acids is 2. The number of rotatable bonds is 5. The third-order valence-electron chi connectivity index (χ3n) is 2.71. The summed E-state index contributed by atoms with van der Waals surface area (Å²) in [4.78, 5) is 24.6. The Bertz CT molecular complexity index is 607. The molecule has 0 radical (unpaired) electrons. The van der Waals surface area contributed by atoms with Gasteiger partial charge in [-0.1, -0.05) is 29.5 Å². The van der Waals surface area contributed by atoms with Gasteiger partial charge < -0.3 is 14.5 Å². The van der Waals surface area contributed by atoms with Gasteiger partial charge in [0.2, 0.25) is 5.78 Å². The zero-order valence-corrected chi connectivity index (χ0v) is 12.5. The van der Waals surface area contributed by atoms with Crippen LogP contribution >= 0.6 is 11.8 Å². The minimum Gasteiger partial charge on any atom is -0.461 e. The van der Waals surface area contributed by atoms with Gasteiger partial charge in [-0.25, -0.2) is 4.79 Å². The number of Topliss-reactive ketones (excluding diaryl/α,β-unsaturated/α-hetero) is 1. The molecule has 0 spiro atoms. The Morgan fingerprint density at radius 1 is 1.24 bits per heavy atom. The Kier molecular flexibility index (Phi) is 5.05. The van der Waals surface area contributed by atoms with Crippen LogP contribution in [0.1, 0.15) is 16.1 Å². The molecule has 5 nitrogen and oxygen atoms in total. The van der Waals surface area contributed by atoms with Crippen LogP contribution in [0.3, 0.4) is 0 Å².